The average Bonchev–Trinajstić information content (AvgIpc) is 2.60. The number of ether oxygens (including phenoxy) is 1. The Bertz CT molecular complexity index is 236. The molecule has 1 heteroatoms. The highest BCUT2D eigenvalue weighted by molar-refractivity contribution is 4.55. The molecule has 1 unspecified atom stereocenters. The summed E-state index contributed by atoms with van der Waals surface area (Å²) in [4.78, 5) is 0. The van der Waals surface area contributed by atoms with E-state index in [2.05, 4.69) is 27.7 Å². The van der Waals surface area contributed by atoms with Gasteiger partial charge in [-0.3, -0.25) is 0 Å². The van der Waals surface area contributed by atoms with Crippen LogP contribution in [0.4, 0.5) is 0 Å². The van der Waals surface area contributed by atoms with Gasteiger partial charge in [-0.1, -0.05) is 124 Å². The highest BCUT2D eigenvalue weighted by atomic mass is 16.5. The van der Waals surface area contributed by atoms with Crippen molar-refractivity contribution in [2.24, 2.45) is 11.8 Å². The molecule has 0 fully saturated rings. The molecule has 0 aromatic rings. The molecule has 0 spiro atoms. The van der Waals surface area contributed by atoms with Crippen molar-refractivity contribution in [3.63, 3.8) is 0 Å². The van der Waals surface area contributed by atoms with Gasteiger partial charge in [0.25, 0.3) is 0 Å². The minimum absolute atomic E-state index is 0.695. The van der Waals surface area contributed by atoms with Crippen molar-refractivity contribution < 1.29 is 4.74 Å². The lowest BCUT2D eigenvalue weighted by Crippen LogP contribution is -2.12. The Balaban J connectivity index is 3.03. The zero-order chi connectivity index (χ0) is 18.6. The van der Waals surface area contributed by atoms with Crippen LogP contribution in [0.3, 0.4) is 0 Å². The summed E-state index contributed by atoms with van der Waals surface area (Å²) in [5, 5.41) is 0. The maximum absolute atomic E-state index is 5.78. The molecule has 0 radical (unpaired) electrons. The van der Waals surface area contributed by atoms with Crippen molar-refractivity contribution in [1.82, 2.24) is 0 Å². The summed E-state index contributed by atoms with van der Waals surface area (Å²) in [6, 6.07) is 0. The van der Waals surface area contributed by atoms with E-state index in [0.29, 0.717) is 5.92 Å². The molecule has 0 aromatic heterocycles. The van der Waals surface area contributed by atoms with Crippen molar-refractivity contribution in [2.75, 3.05) is 13.2 Å². The van der Waals surface area contributed by atoms with Crippen LogP contribution in [-0.4, -0.2) is 13.2 Å². The summed E-state index contributed by atoms with van der Waals surface area (Å²) in [5.41, 5.74) is 0. The standard InChI is InChI=1S/C24H50O/c1-5-6-7-8-9-10-11-12-13-14-15-16-17-18-19-20-21-25-22-24(4)23(2)3/h23-24H,5-22H2,1-4H3. The molecular formula is C24H50O. The highest BCUT2D eigenvalue weighted by Gasteiger charge is 2.06. The summed E-state index contributed by atoms with van der Waals surface area (Å²) in [5.74, 6) is 1.44. The lowest BCUT2D eigenvalue weighted by Gasteiger charge is -2.15. The molecular weight excluding hydrogens is 304 g/mol. The SMILES string of the molecule is CCCCCCCCCCCCCCCCCCOCC(C)C(C)C. The summed E-state index contributed by atoms with van der Waals surface area (Å²) in [6.45, 7) is 11.1. The van der Waals surface area contributed by atoms with Gasteiger partial charge >= 0.3 is 0 Å². The Morgan fingerprint density at radius 3 is 1.24 bits per heavy atom. The van der Waals surface area contributed by atoms with Crippen LogP contribution in [0, 0.1) is 11.8 Å². The Labute approximate surface area is 160 Å². The van der Waals surface area contributed by atoms with Gasteiger partial charge in [0.05, 0.1) is 0 Å². The van der Waals surface area contributed by atoms with Crippen molar-refractivity contribution >= 4 is 0 Å². The second kappa shape index (κ2) is 20.3. The molecule has 1 nitrogen and oxygen atoms in total. The van der Waals surface area contributed by atoms with Crippen molar-refractivity contribution in [3.05, 3.63) is 0 Å². The quantitative estimate of drug-likeness (QED) is 0.199. The van der Waals surface area contributed by atoms with E-state index in [1.165, 1.54) is 103 Å². The maximum atomic E-state index is 5.78. The Hall–Kier alpha value is -0.0400. The summed E-state index contributed by atoms with van der Waals surface area (Å²) in [6.07, 6.45) is 22.9. The number of hydrogen-bond donors (Lipinski definition) is 0. The Kier molecular flexibility index (Phi) is 20.2. The topological polar surface area (TPSA) is 9.23 Å². The fourth-order valence-electron chi connectivity index (χ4n) is 3.21. The molecule has 0 saturated heterocycles. The molecule has 25 heavy (non-hydrogen) atoms. The van der Waals surface area contributed by atoms with E-state index >= 15 is 0 Å². The number of unbranched alkanes of at least 4 members (excludes halogenated alkanes) is 15. The monoisotopic (exact) mass is 354 g/mol. The zero-order valence-corrected chi connectivity index (χ0v) is 18.3. The van der Waals surface area contributed by atoms with E-state index in [4.69, 9.17) is 4.74 Å². The Morgan fingerprint density at radius 2 is 0.880 bits per heavy atom. The smallest absolute Gasteiger partial charge is 0.0494 e. The van der Waals surface area contributed by atoms with Gasteiger partial charge in [-0.15, -0.1) is 0 Å². The molecule has 0 rings (SSSR count). The fourth-order valence-corrected chi connectivity index (χ4v) is 3.21. The predicted molar refractivity (Wildman–Crippen MR) is 114 cm³/mol. The largest absolute Gasteiger partial charge is 0.381 e. The normalized spacial score (nSPS) is 12.8. The first kappa shape index (κ1) is 25.0. The minimum atomic E-state index is 0.695. The molecule has 0 aliphatic heterocycles. The van der Waals surface area contributed by atoms with E-state index in [1.54, 1.807) is 0 Å². The van der Waals surface area contributed by atoms with E-state index in [9.17, 15) is 0 Å². The molecule has 1 atom stereocenters. The number of rotatable bonds is 20. The van der Waals surface area contributed by atoms with Crippen molar-refractivity contribution in [1.29, 1.82) is 0 Å². The third-order valence-corrected chi connectivity index (χ3v) is 5.66. The van der Waals surface area contributed by atoms with Crippen LogP contribution < -0.4 is 0 Å². The molecule has 0 bridgehead atoms. The zero-order valence-electron chi connectivity index (χ0n) is 18.3. The first-order chi connectivity index (χ1) is 12.2. The summed E-state index contributed by atoms with van der Waals surface area (Å²) < 4.78 is 5.78. The molecule has 0 heterocycles. The van der Waals surface area contributed by atoms with Crippen LogP contribution in [0.15, 0.2) is 0 Å². The summed E-state index contributed by atoms with van der Waals surface area (Å²) >= 11 is 0. The van der Waals surface area contributed by atoms with Crippen LogP contribution in [0.5, 0.6) is 0 Å². The highest BCUT2D eigenvalue weighted by Crippen LogP contribution is 2.14. The van der Waals surface area contributed by atoms with Crippen molar-refractivity contribution in [2.45, 2.75) is 130 Å². The molecule has 0 N–H and O–H groups in total. The van der Waals surface area contributed by atoms with Gasteiger partial charge in [-0.05, 0) is 18.3 Å². The fraction of sp³-hybridized carbons (Fsp3) is 1.00. The molecule has 0 aromatic carbocycles. The van der Waals surface area contributed by atoms with Gasteiger partial charge in [-0.2, -0.15) is 0 Å². The Morgan fingerprint density at radius 1 is 0.520 bits per heavy atom. The maximum Gasteiger partial charge on any atom is 0.0494 e. The first-order valence-electron chi connectivity index (χ1n) is 11.8. The van der Waals surface area contributed by atoms with Crippen LogP contribution in [0.25, 0.3) is 0 Å². The minimum Gasteiger partial charge on any atom is -0.381 e. The first-order valence-corrected chi connectivity index (χ1v) is 11.8. The van der Waals surface area contributed by atoms with E-state index < -0.39 is 0 Å². The van der Waals surface area contributed by atoms with Gasteiger partial charge in [0.1, 0.15) is 0 Å². The lowest BCUT2D eigenvalue weighted by molar-refractivity contribution is 0.0868. The van der Waals surface area contributed by atoms with E-state index in [-0.39, 0.29) is 0 Å². The summed E-state index contributed by atoms with van der Waals surface area (Å²) in [7, 11) is 0. The molecule has 0 aliphatic carbocycles. The van der Waals surface area contributed by atoms with Gasteiger partial charge in [0.15, 0.2) is 0 Å². The predicted octanol–water partition coefficient (Wildman–Crippen LogP) is 8.56. The van der Waals surface area contributed by atoms with Crippen LogP contribution >= 0.6 is 0 Å². The second-order valence-corrected chi connectivity index (χ2v) is 8.60. The van der Waals surface area contributed by atoms with Gasteiger partial charge in [0, 0.05) is 13.2 Å². The number of hydrogen-bond acceptors (Lipinski definition) is 1. The molecule has 152 valence electrons. The molecule has 0 aliphatic rings. The van der Waals surface area contributed by atoms with Crippen LogP contribution in [0.2, 0.25) is 0 Å². The van der Waals surface area contributed by atoms with Gasteiger partial charge < -0.3 is 4.74 Å². The van der Waals surface area contributed by atoms with Crippen LogP contribution in [-0.2, 0) is 4.74 Å². The third-order valence-electron chi connectivity index (χ3n) is 5.66. The van der Waals surface area contributed by atoms with E-state index in [0.717, 1.165) is 19.1 Å². The third kappa shape index (κ3) is 20.1. The molecule has 0 saturated carbocycles. The van der Waals surface area contributed by atoms with E-state index in [1.807, 2.05) is 0 Å². The second-order valence-electron chi connectivity index (χ2n) is 8.60. The van der Waals surface area contributed by atoms with Gasteiger partial charge in [-0.25, -0.2) is 0 Å². The average molecular weight is 355 g/mol. The van der Waals surface area contributed by atoms with Gasteiger partial charge in [0.2, 0.25) is 0 Å². The molecule has 0 amide bonds. The lowest BCUT2D eigenvalue weighted by atomic mass is 9.99. The van der Waals surface area contributed by atoms with Crippen molar-refractivity contribution in [3.8, 4) is 0 Å². The van der Waals surface area contributed by atoms with Crippen LogP contribution in [0.1, 0.15) is 130 Å².